The molecule has 0 atom stereocenters. The van der Waals surface area contributed by atoms with Crippen LogP contribution in [0.1, 0.15) is 65.7 Å². The molecule has 0 rings (SSSR count). The van der Waals surface area contributed by atoms with Crippen molar-refractivity contribution in [1.82, 2.24) is 0 Å². The van der Waals surface area contributed by atoms with Gasteiger partial charge in [-0.1, -0.05) is 46.5 Å². The summed E-state index contributed by atoms with van der Waals surface area (Å²) < 4.78 is 0. The lowest BCUT2D eigenvalue weighted by Crippen LogP contribution is -2.32. The van der Waals surface area contributed by atoms with Crippen LogP contribution in [0.2, 0.25) is 0 Å². The van der Waals surface area contributed by atoms with Gasteiger partial charge in [-0.05, 0) is 19.3 Å². The molecule has 0 aromatic carbocycles. The summed E-state index contributed by atoms with van der Waals surface area (Å²) in [6.45, 7) is 6.19. The van der Waals surface area contributed by atoms with E-state index in [1.165, 1.54) is 0 Å². The zero-order chi connectivity index (χ0) is 11.7. The van der Waals surface area contributed by atoms with Gasteiger partial charge in [0.25, 0.3) is 0 Å². The molecule has 0 amide bonds. The van der Waals surface area contributed by atoms with Crippen LogP contribution in [0.25, 0.3) is 0 Å². The molecule has 0 radical (unpaired) electrons. The highest BCUT2D eigenvalue weighted by molar-refractivity contribution is 5.76. The first kappa shape index (κ1) is 14.4. The van der Waals surface area contributed by atoms with E-state index in [2.05, 4.69) is 18.7 Å². The van der Waals surface area contributed by atoms with Crippen molar-refractivity contribution >= 4 is 5.97 Å². The Labute approximate surface area is 92.8 Å². The molecular formula is C12H24O3. The Bertz CT molecular complexity index is 170. The van der Waals surface area contributed by atoms with Gasteiger partial charge in [0, 0.05) is 0 Å². The van der Waals surface area contributed by atoms with Crippen molar-refractivity contribution in [3.8, 4) is 0 Å². The molecule has 3 heteroatoms. The highest BCUT2D eigenvalue weighted by Gasteiger charge is 2.37. The molecule has 0 saturated heterocycles. The Balaban J connectivity index is 4.51. The molecule has 0 aromatic rings. The van der Waals surface area contributed by atoms with Crippen LogP contribution in [0, 0.1) is 5.41 Å². The van der Waals surface area contributed by atoms with Gasteiger partial charge in [-0.25, -0.2) is 4.79 Å². The van der Waals surface area contributed by atoms with Crippen molar-refractivity contribution in [2.75, 3.05) is 0 Å². The van der Waals surface area contributed by atoms with Gasteiger partial charge in [-0.2, -0.15) is 5.26 Å². The Morgan fingerprint density at radius 1 is 1.13 bits per heavy atom. The molecule has 15 heavy (non-hydrogen) atoms. The molecule has 0 aliphatic rings. The zero-order valence-electron chi connectivity index (χ0n) is 10.2. The van der Waals surface area contributed by atoms with Crippen LogP contribution in [0.3, 0.4) is 0 Å². The first-order valence-corrected chi connectivity index (χ1v) is 6.02. The molecule has 0 aromatic heterocycles. The van der Waals surface area contributed by atoms with E-state index in [0.29, 0.717) is 0 Å². The molecule has 90 valence electrons. The molecule has 0 aliphatic heterocycles. The maximum Gasteiger partial charge on any atom is 0.348 e. The molecule has 3 nitrogen and oxygen atoms in total. The van der Waals surface area contributed by atoms with Gasteiger partial charge in [0.1, 0.15) is 0 Å². The van der Waals surface area contributed by atoms with E-state index in [-0.39, 0.29) is 0 Å². The number of rotatable bonds is 8. The van der Waals surface area contributed by atoms with E-state index < -0.39 is 11.4 Å². The molecule has 0 saturated carbocycles. The monoisotopic (exact) mass is 216 g/mol. The first-order chi connectivity index (χ1) is 7.16. The van der Waals surface area contributed by atoms with Crippen LogP contribution < -0.4 is 0 Å². The minimum absolute atomic E-state index is 0.452. The molecule has 0 heterocycles. The van der Waals surface area contributed by atoms with E-state index in [9.17, 15) is 4.79 Å². The largest absolute Gasteiger partial charge is 0.348 e. The summed E-state index contributed by atoms with van der Waals surface area (Å²) >= 11 is 0. The standard InChI is InChI=1S/C12H24O3/c1-4-7-9-12(6-3,10-8-5-2)11(13)15-14/h14H,4-10H2,1-3H3. The van der Waals surface area contributed by atoms with Crippen LogP contribution in [0.15, 0.2) is 0 Å². The minimum Gasteiger partial charge on any atom is -0.300 e. The summed E-state index contributed by atoms with van der Waals surface area (Å²) in [5.41, 5.74) is -0.458. The average molecular weight is 216 g/mol. The second-order valence-electron chi connectivity index (χ2n) is 4.22. The lowest BCUT2D eigenvalue weighted by Gasteiger charge is -2.28. The normalized spacial score (nSPS) is 11.5. The molecule has 0 aliphatic carbocycles. The number of hydrogen-bond donors (Lipinski definition) is 1. The van der Waals surface area contributed by atoms with Crippen LogP contribution in [-0.4, -0.2) is 11.2 Å². The van der Waals surface area contributed by atoms with Gasteiger partial charge in [0.2, 0.25) is 0 Å². The van der Waals surface area contributed by atoms with Gasteiger partial charge in [0.15, 0.2) is 0 Å². The van der Waals surface area contributed by atoms with E-state index in [1.54, 1.807) is 0 Å². The highest BCUT2D eigenvalue weighted by Crippen LogP contribution is 2.35. The minimum atomic E-state index is -0.458. The van der Waals surface area contributed by atoms with Gasteiger partial charge in [0.05, 0.1) is 5.41 Å². The average Bonchev–Trinajstić information content (AvgIpc) is 2.29. The Kier molecular flexibility index (Phi) is 7.39. The van der Waals surface area contributed by atoms with E-state index in [4.69, 9.17) is 5.26 Å². The topological polar surface area (TPSA) is 46.5 Å². The molecule has 0 fully saturated rings. The van der Waals surface area contributed by atoms with Gasteiger partial charge in [-0.3, -0.25) is 0 Å². The number of hydrogen-bond acceptors (Lipinski definition) is 3. The zero-order valence-corrected chi connectivity index (χ0v) is 10.2. The third-order valence-corrected chi connectivity index (χ3v) is 3.21. The van der Waals surface area contributed by atoms with Crippen molar-refractivity contribution in [2.24, 2.45) is 5.41 Å². The smallest absolute Gasteiger partial charge is 0.300 e. The Hall–Kier alpha value is -0.570. The van der Waals surface area contributed by atoms with Crippen molar-refractivity contribution in [2.45, 2.75) is 65.7 Å². The van der Waals surface area contributed by atoms with Crippen molar-refractivity contribution < 1.29 is 14.9 Å². The summed E-state index contributed by atoms with van der Waals surface area (Å²) in [4.78, 5) is 15.6. The quantitative estimate of drug-likeness (QED) is 0.496. The lowest BCUT2D eigenvalue weighted by molar-refractivity contribution is -0.246. The van der Waals surface area contributed by atoms with Crippen LogP contribution in [-0.2, 0) is 9.68 Å². The molecule has 0 unspecified atom stereocenters. The third-order valence-electron chi connectivity index (χ3n) is 3.21. The fraction of sp³-hybridized carbons (Fsp3) is 0.917. The summed E-state index contributed by atoms with van der Waals surface area (Å²) in [5.74, 6) is -0.452. The van der Waals surface area contributed by atoms with Gasteiger partial charge < -0.3 is 4.89 Å². The second-order valence-corrected chi connectivity index (χ2v) is 4.22. The first-order valence-electron chi connectivity index (χ1n) is 6.02. The molecule has 0 spiro atoms. The lowest BCUT2D eigenvalue weighted by atomic mass is 9.76. The van der Waals surface area contributed by atoms with E-state index in [1.807, 2.05) is 6.92 Å². The van der Waals surface area contributed by atoms with Crippen LogP contribution in [0.5, 0.6) is 0 Å². The van der Waals surface area contributed by atoms with Gasteiger partial charge >= 0.3 is 5.97 Å². The van der Waals surface area contributed by atoms with Crippen LogP contribution in [0.4, 0.5) is 0 Å². The molecular weight excluding hydrogens is 192 g/mol. The van der Waals surface area contributed by atoms with E-state index in [0.717, 1.165) is 44.9 Å². The maximum atomic E-state index is 11.6. The summed E-state index contributed by atoms with van der Waals surface area (Å²) in [7, 11) is 0. The highest BCUT2D eigenvalue weighted by atomic mass is 17.1. The van der Waals surface area contributed by atoms with Crippen molar-refractivity contribution in [3.05, 3.63) is 0 Å². The Morgan fingerprint density at radius 2 is 1.60 bits per heavy atom. The molecule has 1 N–H and O–H groups in total. The van der Waals surface area contributed by atoms with Crippen molar-refractivity contribution in [1.29, 1.82) is 0 Å². The fourth-order valence-corrected chi connectivity index (χ4v) is 1.95. The predicted molar refractivity (Wildman–Crippen MR) is 60.5 cm³/mol. The predicted octanol–water partition coefficient (Wildman–Crippen LogP) is 3.78. The van der Waals surface area contributed by atoms with E-state index >= 15 is 0 Å². The fourth-order valence-electron chi connectivity index (χ4n) is 1.95. The molecule has 0 bridgehead atoms. The summed E-state index contributed by atoms with van der Waals surface area (Å²) in [5, 5.41) is 8.55. The Morgan fingerprint density at radius 3 is 1.87 bits per heavy atom. The van der Waals surface area contributed by atoms with Crippen molar-refractivity contribution in [3.63, 3.8) is 0 Å². The summed E-state index contributed by atoms with van der Waals surface area (Å²) in [6, 6.07) is 0. The number of carbonyl (C=O) groups is 1. The summed E-state index contributed by atoms with van der Waals surface area (Å²) in [6.07, 6.45) is 6.52. The number of unbranched alkanes of at least 4 members (excludes halogenated alkanes) is 2. The SMILES string of the molecule is CCCCC(CC)(CCCC)C(=O)OO. The maximum absolute atomic E-state index is 11.6. The third kappa shape index (κ3) is 4.20. The number of carbonyl (C=O) groups excluding carboxylic acids is 1. The van der Waals surface area contributed by atoms with Crippen LogP contribution >= 0.6 is 0 Å². The van der Waals surface area contributed by atoms with Gasteiger partial charge in [-0.15, -0.1) is 0 Å². The second kappa shape index (κ2) is 7.69.